The molecule has 0 atom stereocenters. The minimum atomic E-state index is 0.610. The zero-order chi connectivity index (χ0) is 14.2. The zero-order valence-electron chi connectivity index (χ0n) is 11.5. The van der Waals surface area contributed by atoms with Crippen molar-refractivity contribution in [2.45, 2.75) is 0 Å². The molecule has 21 heavy (non-hydrogen) atoms. The predicted molar refractivity (Wildman–Crippen MR) is 84.2 cm³/mol. The first-order chi connectivity index (χ1) is 10.3. The van der Waals surface area contributed by atoms with Gasteiger partial charge in [0.15, 0.2) is 0 Å². The summed E-state index contributed by atoms with van der Waals surface area (Å²) in [7, 11) is 1.81. The summed E-state index contributed by atoms with van der Waals surface area (Å²) in [6, 6.07) is 10.3. The second-order valence-corrected chi connectivity index (χ2v) is 4.82. The van der Waals surface area contributed by atoms with Gasteiger partial charge in [0.1, 0.15) is 5.65 Å². The van der Waals surface area contributed by atoms with Gasteiger partial charge in [-0.25, -0.2) is 4.98 Å². The van der Waals surface area contributed by atoms with Crippen molar-refractivity contribution in [1.82, 2.24) is 19.9 Å². The maximum Gasteiger partial charge on any atom is 0.224 e. The zero-order valence-corrected chi connectivity index (χ0v) is 11.5. The molecule has 2 N–H and O–H groups in total. The van der Waals surface area contributed by atoms with Crippen LogP contribution in [0.1, 0.15) is 0 Å². The number of nitrogens with zero attached hydrogens (tertiary/aromatic N) is 3. The van der Waals surface area contributed by atoms with Crippen molar-refractivity contribution in [3.63, 3.8) is 0 Å². The molecule has 0 saturated carbocycles. The topological polar surface area (TPSA) is 66.5 Å². The summed E-state index contributed by atoms with van der Waals surface area (Å²) in [5, 5.41) is 5.08. The van der Waals surface area contributed by atoms with Crippen LogP contribution in [0.4, 0.5) is 5.95 Å². The van der Waals surface area contributed by atoms with Crippen molar-refractivity contribution >= 4 is 27.9 Å². The second-order valence-electron chi connectivity index (χ2n) is 4.82. The maximum atomic E-state index is 4.41. The second kappa shape index (κ2) is 4.56. The molecule has 0 aliphatic heterocycles. The summed E-state index contributed by atoms with van der Waals surface area (Å²) in [4.78, 5) is 16.3. The molecule has 4 rings (SSSR count). The van der Waals surface area contributed by atoms with Crippen LogP contribution < -0.4 is 5.32 Å². The Bertz CT molecular complexity index is 942. The monoisotopic (exact) mass is 275 g/mol. The van der Waals surface area contributed by atoms with Gasteiger partial charge in [0.25, 0.3) is 0 Å². The van der Waals surface area contributed by atoms with Crippen LogP contribution in [0, 0.1) is 0 Å². The molecule has 0 aliphatic carbocycles. The van der Waals surface area contributed by atoms with E-state index in [4.69, 9.17) is 0 Å². The quantitative estimate of drug-likeness (QED) is 0.589. The van der Waals surface area contributed by atoms with Crippen LogP contribution in [0.5, 0.6) is 0 Å². The fraction of sp³-hybridized carbons (Fsp3) is 0.0625. The van der Waals surface area contributed by atoms with E-state index in [1.807, 2.05) is 24.5 Å². The minimum Gasteiger partial charge on any atom is -0.357 e. The lowest BCUT2D eigenvalue weighted by Crippen LogP contribution is -1.95. The summed E-state index contributed by atoms with van der Waals surface area (Å²) in [5.41, 5.74) is 4.05. The van der Waals surface area contributed by atoms with E-state index < -0.39 is 0 Å². The Morgan fingerprint density at radius 2 is 2.10 bits per heavy atom. The first kappa shape index (κ1) is 11.8. The molecule has 5 nitrogen and oxygen atoms in total. The average molecular weight is 275 g/mol. The van der Waals surface area contributed by atoms with Crippen molar-refractivity contribution in [2.24, 2.45) is 0 Å². The number of hydrogen-bond donors (Lipinski definition) is 2. The molecule has 0 saturated heterocycles. The number of rotatable bonds is 2. The van der Waals surface area contributed by atoms with E-state index in [1.54, 1.807) is 13.2 Å². The molecular formula is C16H13N5. The van der Waals surface area contributed by atoms with Crippen LogP contribution in [0.2, 0.25) is 0 Å². The summed E-state index contributed by atoms with van der Waals surface area (Å²) < 4.78 is 0. The number of benzene rings is 1. The molecule has 0 bridgehead atoms. The first-order valence-electron chi connectivity index (χ1n) is 6.72. The number of fused-ring (bicyclic) bond motifs is 2. The van der Waals surface area contributed by atoms with Crippen LogP contribution in [0.25, 0.3) is 33.1 Å². The van der Waals surface area contributed by atoms with Gasteiger partial charge in [-0.05, 0) is 23.8 Å². The maximum absolute atomic E-state index is 4.41. The van der Waals surface area contributed by atoms with Gasteiger partial charge in [0.05, 0.1) is 5.52 Å². The number of hydrogen-bond acceptors (Lipinski definition) is 4. The Kier molecular flexibility index (Phi) is 2.57. The number of nitrogens with one attached hydrogen (secondary N) is 2. The molecule has 5 heteroatoms. The van der Waals surface area contributed by atoms with Gasteiger partial charge in [-0.3, -0.25) is 4.98 Å². The lowest BCUT2D eigenvalue weighted by atomic mass is 10.0. The lowest BCUT2D eigenvalue weighted by Gasteiger charge is -2.02. The van der Waals surface area contributed by atoms with Gasteiger partial charge in [0.2, 0.25) is 5.95 Å². The Morgan fingerprint density at radius 1 is 1.14 bits per heavy atom. The third kappa shape index (κ3) is 1.90. The summed E-state index contributed by atoms with van der Waals surface area (Å²) in [5.74, 6) is 0.610. The Labute approximate surface area is 121 Å². The molecule has 0 unspecified atom stereocenters. The van der Waals surface area contributed by atoms with Crippen LogP contribution in [-0.2, 0) is 0 Å². The van der Waals surface area contributed by atoms with Gasteiger partial charge in [-0.1, -0.05) is 12.1 Å². The molecule has 0 spiro atoms. The fourth-order valence-corrected chi connectivity index (χ4v) is 2.51. The molecule has 3 aromatic heterocycles. The number of anilines is 1. The largest absolute Gasteiger partial charge is 0.357 e. The number of pyridine rings is 1. The van der Waals surface area contributed by atoms with E-state index >= 15 is 0 Å². The van der Waals surface area contributed by atoms with Crippen molar-refractivity contribution in [2.75, 3.05) is 12.4 Å². The summed E-state index contributed by atoms with van der Waals surface area (Å²) in [6.07, 6.45) is 5.62. The Hall–Kier alpha value is -2.95. The molecular weight excluding hydrogens is 262 g/mol. The molecule has 4 aromatic rings. The van der Waals surface area contributed by atoms with E-state index in [9.17, 15) is 0 Å². The number of aromatic nitrogens is 4. The average Bonchev–Trinajstić information content (AvgIpc) is 2.97. The molecule has 0 fully saturated rings. The summed E-state index contributed by atoms with van der Waals surface area (Å²) >= 11 is 0. The van der Waals surface area contributed by atoms with Crippen LogP contribution in [0.15, 0.2) is 48.9 Å². The SMILES string of the molecule is CNc1ncc2c(-c3ccc4ncccc4c3)c[nH]c2n1. The van der Waals surface area contributed by atoms with Crippen LogP contribution in [-0.4, -0.2) is 27.0 Å². The van der Waals surface area contributed by atoms with Gasteiger partial charge in [-0.2, -0.15) is 4.98 Å². The van der Waals surface area contributed by atoms with Crippen molar-refractivity contribution in [1.29, 1.82) is 0 Å². The Morgan fingerprint density at radius 3 is 3.00 bits per heavy atom. The smallest absolute Gasteiger partial charge is 0.224 e. The van der Waals surface area contributed by atoms with E-state index in [0.29, 0.717) is 5.95 Å². The van der Waals surface area contributed by atoms with Crippen LogP contribution in [0.3, 0.4) is 0 Å². The third-order valence-corrected chi connectivity index (χ3v) is 3.57. The van der Waals surface area contributed by atoms with Gasteiger partial charge in [-0.15, -0.1) is 0 Å². The third-order valence-electron chi connectivity index (χ3n) is 3.57. The van der Waals surface area contributed by atoms with Gasteiger partial charge in [0, 0.05) is 42.0 Å². The lowest BCUT2D eigenvalue weighted by molar-refractivity contribution is 1.18. The van der Waals surface area contributed by atoms with Crippen molar-refractivity contribution < 1.29 is 0 Å². The highest BCUT2D eigenvalue weighted by Gasteiger charge is 2.09. The molecule has 0 aliphatic rings. The molecule has 3 heterocycles. The molecule has 102 valence electrons. The van der Waals surface area contributed by atoms with Crippen molar-refractivity contribution in [3.8, 4) is 11.1 Å². The number of H-pyrrole nitrogens is 1. The van der Waals surface area contributed by atoms with Gasteiger partial charge < -0.3 is 10.3 Å². The van der Waals surface area contributed by atoms with E-state index in [-0.39, 0.29) is 0 Å². The number of aromatic amines is 1. The van der Waals surface area contributed by atoms with Gasteiger partial charge >= 0.3 is 0 Å². The van der Waals surface area contributed by atoms with E-state index in [1.165, 1.54) is 0 Å². The highest BCUT2D eigenvalue weighted by atomic mass is 15.1. The van der Waals surface area contributed by atoms with E-state index in [2.05, 4.69) is 43.5 Å². The van der Waals surface area contributed by atoms with E-state index in [0.717, 1.165) is 33.1 Å². The molecule has 1 aromatic carbocycles. The van der Waals surface area contributed by atoms with Crippen molar-refractivity contribution in [3.05, 3.63) is 48.9 Å². The first-order valence-corrected chi connectivity index (χ1v) is 6.72. The minimum absolute atomic E-state index is 0.610. The Balaban J connectivity index is 1.91. The normalized spacial score (nSPS) is 11.1. The highest BCUT2D eigenvalue weighted by molar-refractivity contribution is 5.96. The highest BCUT2D eigenvalue weighted by Crippen LogP contribution is 2.29. The fourth-order valence-electron chi connectivity index (χ4n) is 2.51. The summed E-state index contributed by atoms with van der Waals surface area (Å²) in [6.45, 7) is 0. The molecule has 0 amide bonds. The standard InChI is InChI=1S/C16H13N5/c1-17-16-20-9-13-12(8-19-15(13)21-16)10-4-5-14-11(7-10)3-2-6-18-14/h2-9H,1H3,(H2,17,19,20,21). The molecule has 0 radical (unpaired) electrons. The van der Waals surface area contributed by atoms with Crippen LogP contribution >= 0.6 is 0 Å². The predicted octanol–water partition coefficient (Wildman–Crippen LogP) is 3.21.